The summed E-state index contributed by atoms with van der Waals surface area (Å²) < 4.78 is 11.0. The van der Waals surface area contributed by atoms with Gasteiger partial charge in [-0.2, -0.15) is 0 Å². The van der Waals surface area contributed by atoms with Crippen molar-refractivity contribution < 1.29 is 14.3 Å². The lowest BCUT2D eigenvalue weighted by atomic mass is 10.1. The van der Waals surface area contributed by atoms with E-state index in [0.29, 0.717) is 13.2 Å². The monoisotopic (exact) mass is 313 g/mol. The van der Waals surface area contributed by atoms with Crippen LogP contribution in [0.25, 0.3) is 0 Å². The van der Waals surface area contributed by atoms with Gasteiger partial charge in [0.2, 0.25) is 0 Å². The van der Waals surface area contributed by atoms with Crippen molar-refractivity contribution in [2.75, 3.05) is 18.5 Å². The van der Waals surface area contributed by atoms with Crippen LogP contribution in [-0.4, -0.2) is 19.1 Å². The summed E-state index contributed by atoms with van der Waals surface area (Å²) in [5, 5.41) is 2.88. The van der Waals surface area contributed by atoms with Gasteiger partial charge in [0.25, 0.3) is 5.91 Å². The Bertz CT molecular complexity index is 667. The molecule has 0 saturated carbocycles. The molecule has 0 aliphatic heterocycles. The van der Waals surface area contributed by atoms with E-state index < -0.39 is 0 Å². The second kappa shape index (κ2) is 8.34. The zero-order valence-corrected chi connectivity index (χ0v) is 13.9. The van der Waals surface area contributed by atoms with Gasteiger partial charge >= 0.3 is 0 Å². The number of anilines is 1. The van der Waals surface area contributed by atoms with Gasteiger partial charge in [-0.1, -0.05) is 35.9 Å². The third kappa shape index (κ3) is 5.11. The van der Waals surface area contributed by atoms with Gasteiger partial charge < -0.3 is 14.8 Å². The van der Waals surface area contributed by atoms with E-state index in [-0.39, 0.29) is 12.5 Å². The van der Waals surface area contributed by atoms with Crippen molar-refractivity contribution in [3.05, 3.63) is 59.2 Å². The van der Waals surface area contributed by atoms with E-state index in [1.807, 2.05) is 63.2 Å². The number of aryl methyl sites for hydroxylation is 2. The van der Waals surface area contributed by atoms with E-state index in [9.17, 15) is 4.79 Å². The maximum atomic E-state index is 12.1. The van der Waals surface area contributed by atoms with Crippen molar-refractivity contribution in [1.29, 1.82) is 0 Å². The number of carbonyl (C=O) groups excluding carboxylic acids is 1. The van der Waals surface area contributed by atoms with E-state index in [2.05, 4.69) is 5.32 Å². The summed E-state index contributed by atoms with van der Waals surface area (Å²) in [7, 11) is 0. The summed E-state index contributed by atoms with van der Waals surface area (Å²) in [5.41, 5.74) is 3.91. The summed E-state index contributed by atoms with van der Waals surface area (Å²) in [6, 6.07) is 13.5. The fraction of sp³-hybridized carbons (Fsp3) is 0.316. The lowest BCUT2D eigenvalue weighted by Crippen LogP contribution is -2.21. The molecule has 1 amide bonds. The quantitative estimate of drug-likeness (QED) is 0.844. The molecular formula is C19H23NO3. The van der Waals surface area contributed by atoms with E-state index in [1.165, 1.54) is 5.56 Å². The van der Waals surface area contributed by atoms with Crippen molar-refractivity contribution in [3.63, 3.8) is 0 Å². The Morgan fingerprint density at radius 3 is 2.65 bits per heavy atom. The van der Waals surface area contributed by atoms with E-state index in [4.69, 9.17) is 9.47 Å². The van der Waals surface area contributed by atoms with Gasteiger partial charge in [0.1, 0.15) is 5.75 Å². The topological polar surface area (TPSA) is 47.6 Å². The Kier molecular flexibility index (Phi) is 6.18. The molecule has 0 aliphatic carbocycles. The van der Waals surface area contributed by atoms with Crippen molar-refractivity contribution in [1.82, 2.24) is 0 Å². The number of amides is 1. The molecule has 2 aromatic carbocycles. The lowest BCUT2D eigenvalue weighted by Gasteiger charge is -2.12. The predicted octanol–water partition coefficient (Wildman–Crippen LogP) is 3.86. The highest BCUT2D eigenvalue weighted by Gasteiger charge is 2.08. The van der Waals surface area contributed by atoms with Crippen molar-refractivity contribution >= 4 is 11.6 Å². The molecule has 1 N–H and O–H groups in total. The van der Waals surface area contributed by atoms with Gasteiger partial charge in [-0.05, 0) is 38.5 Å². The summed E-state index contributed by atoms with van der Waals surface area (Å²) in [6.45, 7) is 7.03. The number of nitrogens with one attached hydrogen (secondary N) is 1. The molecular weight excluding hydrogens is 290 g/mol. The first-order valence-corrected chi connectivity index (χ1v) is 7.75. The number of ether oxygens (including phenoxy) is 2. The first kappa shape index (κ1) is 17.0. The van der Waals surface area contributed by atoms with Gasteiger partial charge in [-0.25, -0.2) is 0 Å². The minimum Gasteiger partial charge on any atom is -0.483 e. The number of para-hydroxylation sites is 1. The van der Waals surface area contributed by atoms with Gasteiger partial charge in [-0.3, -0.25) is 4.79 Å². The molecule has 0 unspecified atom stereocenters. The molecule has 0 aromatic heterocycles. The molecule has 2 aromatic rings. The van der Waals surface area contributed by atoms with Crippen molar-refractivity contribution in [3.8, 4) is 5.75 Å². The lowest BCUT2D eigenvalue weighted by molar-refractivity contribution is -0.118. The second-order valence-corrected chi connectivity index (χ2v) is 5.40. The minimum atomic E-state index is -0.186. The molecule has 23 heavy (non-hydrogen) atoms. The summed E-state index contributed by atoms with van der Waals surface area (Å²) in [6.07, 6.45) is 0. The molecule has 0 radical (unpaired) electrons. The predicted molar refractivity (Wildman–Crippen MR) is 91.8 cm³/mol. The van der Waals surface area contributed by atoms with Crippen LogP contribution >= 0.6 is 0 Å². The van der Waals surface area contributed by atoms with Gasteiger partial charge in [-0.15, -0.1) is 0 Å². The van der Waals surface area contributed by atoms with Crippen LogP contribution < -0.4 is 10.1 Å². The molecule has 0 fully saturated rings. The van der Waals surface area contributed by atoms with E-state index in [0.717, 1.165) is 22.6 Å². The molecule has 2 rings (SSSR count). The standard InChI is InChI=1S/C19H23NO3/c1-4-22-12-16-7-5-6-8-17(16)20-19(21)13-23-18-10-9-14(2)11-15(18)3/h5-11H,4,12-13H2,1-3H3,(H,20,21). The Hall–Kier alpha value is -2.33. The first-order chi connectivity index (χ1) is 11.1. The highest BCUT2D eigenvalue weighted by atomic mass is 16.5. The molecule has 0 spiro atoms. The van der Waals surface area contributed by atoms with Crippen LogP contribution in [0.3, 0.4) is 0 Å². The van der Waals surface area contributed by atoms with Crippen LogP contribution in [0.4, 0.5) is 5.69 Å². The molecule has 0 atom stereocenters. The molecule has 4 nitrogen and oxygen atoms in total. The Labute approximate surface area is 137 Å². The van der Waals surface area contributed by atoms with Gasteiger partial charge in [0.05, 0.1) is 6.61 Å². The van der Waals surface area contributed by atoms with Crippen LogP contribution in [0.15, 0.2) is 42.5 Å². The Morgan fingerprint density at radius 2 is 1.91 bits per heavy atom. The summed E-state index contributed by atoms with van der Waals surface area (Å²) in [4.78, 5) is 12.1. The summed E-state index contributed by atoms with van der Waals surface area (Å²) in [5.74, 6) is 0.544. The van der Waals surface area contributed by atoms with E-state index in [1.54, 1.807) is 0 Å². The fourth-order valence-electron chi connectivity index (χ4n) is 2.27. The molecule has 0 bridgehead atoms. The summed E-state index contributed by atoms with van der Waals surface area (Å²) >= 11 is 0. The number of hydrogen-bond acceptors (Lipinski definition) is 3. The van der Waals surface area contributed by atoms with Crippen LogP contribution in [0.1, 0.15) is 23.6 Å². The highest BCUT2D eigenvalue weighted by molar-refractivity contribution is 5.92. The van der Waals surface area contributed by atoms with Crippen LogP contribution in [0, 0.1) is 13.8 Å². The van der Waals surface area contributed by atoms with Gasteiger partial charge in [0, 0.05) is 17.9 Å². The number of benzene rings is 2. The van der Waals surface area contributed by atoms with Gasteiger partial charge in [0.15, 0.2) is 6.61 Å². The zero-order chi connectivity index (χ0) is 16.7. The normalized spacial score (nSPS) is 10.4. The molecule has 122 valence electrons. The number of carbonyl (C=O) groups is 1. The Balaban J connectivity index is 1.94. The first-order valence-electron chi connectivity index (χ1n) is 7.75. The smallest absolute Gasteiger partial charge is 0.262 e. The van der Waals surface area contributed by atoms with Crippen LogP contribution in [0.5, 0.6) is 5.75 Å². The maximum absolute atomic E-state index is 12.1. The molecule has 0 aliphatic rings. The SMILES string of the molecule is CCOCc1ccccc1NC(=O)COc1ccc(C)cc1C. The third-order valence-corrected chi connectivity index (χ3v) is 3.44. The molecule has 4 heteroatoms. The number of rotatable bonds is 7. The third-order valence-electron chi connectivity index (χ3n) is 3.44. The molecule has 0 heterocycles. The highest BCUT2D eigenvalue weighted by Crippen LogP contribution is 2.19. The fourth-order valence-corrected chi connectivity index (χ4v) is 2.27. The van der Waals surface area contributed by atoms with Crippen molar-refractivity contribution in [2.45, 2.75) is 27.4 Å². The average molecular weight is 313 g/mol. The average Bonchev–Trinajstić information content (AvgIpc) is 2.53. The molecule has 0 saturated heterocycles. The van der Waals surface area contributed by atoms with Crippen molar-refractivity contribution in [2.24, 2.45) is 0 Å². The zero-order valence-electron chi connectivity index (χ0n) is 13.9. The largest absolute Gasteiger partial charge is 0.483 e. The second-order valence-electron chi connectivity index (χ2n) is 5.40. The Morgan fingerprint density at radius 1 is 1.13 bits per heavy atom. The maximum Gasteiger partial charge on any atom is 0.262 e. The van der Waals surface area contributed by atoms with Crippen LogP contribution in [-0.2, 0) is 16.1 Å². The minimum absolute atomic E-state index is 0.0210. The van der Waals surface area contributed by atoms with E-state index >= 15 is 0 Å². The van der Waals surface area contributed by atoms with Crippen LogP contribution in [0.2, 0.25) is 0 Å². The number of hydrogen-bond donors (Lipinski definition) is 1.